The van der Waals surface area contributed by atoms with E-state index in [9.17, 15) is 4.79 Å². The van der Waals surface area contributed by atoms with Crippen molar-refractivity contribution in [2.45, 2.75) is 38.6 Å². The molecule has 0 saturated carbocycles. The lowest BCUT2D eigenvalue weighted by molar-refractivity contribution is 0.0780. The Morgan fingerprint density at radius 1 is 1.22 bits per heavy atom. The van der Waals surface area contributed by atoms with Gasteiger partial charge in [-0.05, 0) is 61.8 Å². The monoisotopic (exact) mass is 310 g/mol. The maximum Gasteiger partial charge on any atom is 0.274 e. The van der Waals surface area contributed by atoms with Crippen molar-refractivity contribution >= 4 is 5.91 Å². The minimum absolute atomic E-state index is 0.101. The van der Waals surface area contributed by atoms with Crippen LogP contribution in [0.5, 0.6) is 0 Å². The number of likely N-dealkylation sites (tertiary alicyclic amines) is 1. The molecule has 0 aliphatic carbocycles. The number of amides is 1. The predicted octanol–water partition coefficient (Wildman–Crippen LogP) is 2.32. The molecule has 4 heterocycles. The highest BCUT2D eigenvalue weighted by atomic mass is 16.2. The lowest BCUT2D eigenvalue weighted by atomic mass is 10.00. The van der Waals surface area contributed by atoms with E-state index in [2.05, 4.69) is 22.2 Å². The molecular formula is C18H22N4O. The van der Waals surface area contributed by atoms with Gasteiger partial charge in [-0.1, -0.05) is 0 Å². The maximum atomic E-state index is 12.7. The Hall–Kier alpha value is -2.17. The van der Waals surface area contributed by atoms with E-state index in [1.165, 1.54) is 24.1 Å². The highest BCUT2D eigenvalue weighted by Crippen LogP contribution is 2.23. The standard InChI is InChI=1S/C18H22N4O/c23-18(17-12-16-3-1-2-9-22(16)20-17)21-10-6-15(13-21)11-14-4-7-19-8-5-14/h4-5,7-8,12,15H,1-3,6,9-11,13H2. The molecule has 2 aromatic heterocycles. The van der Waals surface area contributed by atoms with Gasteiger partial charge in [0.15, 0.2) is 5.69 Å². The summed E-state index contributed by atoms with van der Waals surface area (Å²) in [6, 6.07) is 6.12. The number of fused-ring (bicyclic) bond motifs is 1. The second kappa shape index (κ2) is 6.14. The summed E-state index contributed by atoms with van der Waals surface area (Å²) in [4.78, 5) is 18.7. The molecule has 0 bridgehead atoms. The Balaban J connectivity index is 1.41. The van der Waals surface area contributed by atoms with Crippen molar-refractivity contribution in [2.75, 3.05) is 13.1 Å². The van der Waals surface area contributed by atoms with Crippen LogP contribution in [0, 0.1) is 5.92 Å². The van der Waals surface area contributed by atoms with Gasteiger partial charge in [0.2, 0.25) is 0 Å². The number of rotatable bonds is 3. The Bertz CT molecular complexity index is 671. The van der Waals surface area contributed by atoms with E-state index >= 15 is 0 Å². The fraction of sp³-hybridized carbons (Fsp3) is 0.500. The molecule has 2 aliphatic heterocycles. The first-order valence-electron chi connectivity index (χ1n) is 8.54. The fourth-order valence-electron chi connectivity index (χ4n) is 3.72. The van der Waals surface area contributed by atoms with E-state index in [1.807, 2.05) is 28.0 Å². The molecule has 1 saturated heterocycles. The molecule has 0 aromatic carbocycles. The van der Waals surface area contributed by atoms with Crippen LogP contribution in [0.2, 0.25) is 0 Å². The highest BCUT2D eigenvalue weighted by Gasteiger charge is 2.29. The topological polar surface area (TPSA) is 51.0 Å². The summed E-state index contributed by atoms with van der Waals surface area (Å²) in [7, 11) is 0. The number of aryl methyl sites for hydroxylation is 2. The molecule has 0 spiro atoms. The molecule has 23 heavy (non-hydrogen) atoms. The van der Waals surface area contributed by atoms with Crippen LogP contribution >= 0.6 is 0 Å². The van der Waals surface area contributed by atoms with E-state index in [4.69, 9.17) is 0 Å². The first-order chi connectivity index (χ1) is 11.3. The summed E-state index contributed by atoms with van der Waals surface area (Å²) in [6.07, 6.45) is 9.18. The molecule has 0 radical (unpaired) electrons. The second-order valence-electron chi connectivity index (χ2n) is 6.67. The van der Waals surface area contributed by atoms with E-state index < -0.39 is 0 Å². The Kier molecular flexibility index (Phi) is 3.85. The van der Waals surface area contributed by atoms with Crippen molar-refractivity contribution in [3.05, 3.63) is 47.5 Å². The Labute approximate surface area is 136 Å². The third kappa shape index (κ3) is 3.00. The van der Waals surface area contributed by atoms with Gasteiger partial charge in [-0.25, -0.2) is 0 Å². The molecule has 5 nitrogen and oxygen atoms in total. The normalized spacial score (nSPS) is 20.5. The van der Waals surface area contributed by atoms with Gasteiger partial charge < -0.3 is 4.90 Å². The first-order valence-corrected chi connectivity index (χ1v) is 8.54. The van der Waals surface area contributed by atoms with Gasteiger partial charge >= 0.3 is 0 Å². The number of hydrogen-bond acceptors (Lipinski definition) is 3. The zero-order chi connectivity index (χ0) is 15.6. The van der Waals surface area contributed by atoms with Crippen LogP contribution < -0.4 is 0 Å². The zero-order valence-electron chi connectivity index (χ0n) is 13.3. The molecule has 2 aromatic rings. The Morgan fingerprint density at radius 3 is 2.91 bits per heavy atom. The van der Waals surface area contributed by atoms with Crippen molar-refractivity contribution < 1.29 is 4.79 Å². The second-order valence-corrected chi connectivity index (χ2v) is 6.67. The fourth-order valence-corrected chi connectivity index (χ4v) is 3.72. The van der Waals surface area contributed by atoms with Gasteiger partial charge in [-0.15, -0.1) is 0 Å². The van der Waals surface area contributed by atoms with Crippen LogP contribution in [0.25, 0.3) is 0 Å². The molecule has 1 amide bonds. The minimum Gasteiger partial charge on any atom is -0.337 e. The SMILES string of the molecule is O=C(c1cc2n(n1)CCCC2)N1CCC(Cc2ccncc2)C1. The number of aromatic nitrogens is 3. The molecular weight excluding hydrogens is 288 g/mol. The smallest absolute Gasteiger partial charge is 0.274 e. The number of pyridine rings is 1. The third-order valence-corrected chi connectivity index (χ3v) is 4.98. The average molecular weight is 310 g/mol. The van der Waals surface area contributed by atoms with E-state index in [1.54, 1.807) is 0 Å². The van der Waals surface area contributed by atoms with E-state index in [0.717, 1.165) is 38.9 Å². The average Bonchev–Trinajstić information content (AvgIpc) is 3.21. The van der Waals surface area contributed by atoms with Gasteiger partial charge in [0.1, 0.15) is 0 Å². The van der Waals surface area contributed by atoms with Gasteiger partial charge in [-0.2, -0.15) is 5.10 Å². The van der Waals surface area contributed by atoms with Crippen LogP contribution in [0.1, 0.15) is 41.0 Å². The highest BCUT2D eigenvalue weighted by molar-refractivity contribution is 5.92. The molecule has 1 fully saturated rings. The molecule has 0 N–H and O–H groups in total. The van der Waals surface area contributed by atoms with Crippen molar-refractivity contribution in [2.24, 2.45) is 5.92 Å². The lowest BCUT2D eigenvalue weighted by Crippen LogP contribution is -2.29. The van der Waals surface area contributed by atoms with Crippen molar-refractivity contribution in [3.63, 3.8) is 0 Å². The zero-order valence-corrected chi connectivity index (χ0v) is 13.3. The van der Waals surface area contributed by atoms with Gasteiger partial charge in [-0.3, -0.25) is 14.5 Å². The molecule has 5 heteroatoms. The predicted molar refractivity (Wildman–Crippen MR) is 87.1 cm³/mol. The summed E-state index contributed by atoms with van der Waals surface area (Å²) in [5.41, 5.74) is 3.15. The van der Waals surface area contributed by atoms with Crippen molar-refractivity contribution in [3.8, 4) is 0 Å². The van der Waals surface area contributed by atoms with Crippen molar-refractivity contribution in [1.82, 2.24) is 19.7 Å². The number of nitrogens with zero attached hydrogens (tertiary/aromatic N) is 4. The molecule has 2 aliphatic rings. The largest absolute Gasteiger partial charge is 0.337 e. The molecule has 120 valence electrons. The van der Waals surface area contributed by atoms with E-state index in [-0.39, 0.29) is 5.91 Å². The first kappa shape index (κ1) is 14.4. The number of carbonyl (C=O) groups excluding carboxylic acids is 1. The number of carbonyl (C=O) groups is 1. The summed E-state index contributed by atoms with van der Waals surface area (Å²) in [6.45, 7) is 2.63. The maximum absolute atomic E-state index is 12.7. The van der Waals surface area contributed by atoms with Crippen LogP contribution in [0.15, 0.2) is 30.6 Å². The van der Waals surface area contributed by atoms with Crippen LogP contribution in [0.4, 0.5) is 0 Å². The third-order valence-electron chi connectivity index (χ3n) is 4.98. The summed E-state index contributed by atoms with van der Waals surface area (Å²) in [5.74, 6) is 0.641. The quantitative estimate of drug-likeness (QED) is 0.874. The van der Waals surface area contributed by atoms with Crippen LogP contribution in [-0.2, 0) is 19.4 Å². The van der Waals surface area contributed by atoms with Gasteiger partial charge in [0.05, 0.1) is 0 Å². The summed E-state index contributed by atoms with van der Waals surface area (Å²) in [5, 5.41) is 4.52. The number of hydrogen-bond donors (Lipinski definition) is 0. The van der Waals surface area contributed by atoms with Gasteiger partial charge in [0, 0.05) is 37.7 Å². The van der Waals surface area contributed by atoms with Crippen molar-refractivity contribution in [1.29, 1.82) is 0 Å². The van der Waals surface area contributed by atoms with E-state index in [0.29, 0.717) is 11.6 Å². The summed E-state index contributed by atoms with van der Waals surface area (Å²) >= 11 is 0. The van der Waals surface area contributed by atoms with Gasteiger partial charge in [0.25, 0.3) is 5.91 Å². The molecule has 1 unspecified atom stereocenters. The summed E-state index contributed by atoms with van der Waals surface area (Å²) < 4.78 is 2.02. The molecule has 4 rings (SSSR count). The minimum atomic E-state index is 0.101. The lowest BCUT2D eigenvalue weighted by Gasteiger charge is -2.15. The molecule has 1 atom stereocenters. The van der Waals surface area contributed by atoms with Crippen LogP contribution in [-0.4, -0.2) is 38.7 Å². The Morgan fingerprint density at radius 2 is 2.09 bits per heavy atom. The van der Waals surface area contributed by atoms with Crippen LogP contribution in [0.3, 0.4) is 0 Å².